The number of aromatic amines is 1. The van der Waals surface area contributed by atoms with Crippen molar-refractivity contribution in [2.75, 3.05) is 0 Å². The standard InChI is InChI=1S/C12H14ClN5/c1-7(2)10(6-14)12(13)16-9(4)15-11-5-8(3)17-18-11/h5H,1H2,2-4H3,(H2,15,16,17,18)/b12-10-. The summed E-state index contributed by atoms with van der Waals surface area (Å²) in [4.78, 5) is 4.20. The lowest BCUT2D eigenvalue weighted by Gasteiger charge is -2.05. The monoisotopic (exact) mass is 263 g/mol. The van der Waals surface area contributed by atoms with Crippen molar-refractivity contribution in [1.29, 1.82) is 5.26 Å². The number of amidine groups is 1. The lowest BCUT2D eigenvalue weighted by Crippen LogP contribution is -2.18. The van der Waals surface area contributed by atoms with E-state index in [1.165, 1.54) is 0 Å². The number of allylic oxidation sites excluding steroid dienone is 2. The molecule has 6 heteroatoms. The van der Waals surface area contributed by atoms with Crippen LogP contribution >= 0.6 is 11.6 Å². The third-order valence-corrected chi connectivity index (χ3v) is 2.31. The molecule has 0 aromatic carbocycles. The van der Waals surface area contributed by atoms with Gasteiger partial charge in [0.25, 0.3) is 0 Å². The summed E-state index contributed by atoms with van der Waals surface area (Å²) in [5.74, 6) is 1.09. The van der Waals surface area contributed by atoms with Gasteiger partial charge >= 0.3 is 0 Å². The number of aryl methyl sites for hydroxylation is 1. The zero-order valence-corrected chi connectivity index (χ0v) is 11.3. The first-order valence-electron chi connectivity index (χ1n) is 5.24. The number of nitrogens with zero attached hydrogens (tertiary/aromatic N) is 3. The van der Waals surface area contributed by atoms with Crippen LogP contribution in [0.25, 0.3) is 0 Å². The molecule has 0 aliphatic heterocycles. The molecule has 18 heavy (non-hydrogen) atoms. The molecule has 0 bridgehead atoms. The van der Waals surface area contributed by atoms with E-state index in [1.54, 1.807) is 19.9 Å². The quantitative estimate of drug-likeness (QED) is 0.289. The van der Waals surface area contributed by atoms with Crippen molar-refractivity contribution in [3.05, 3.63) is 34.6 Å². The number of rotatable bonds is 3. The molecular formula is C12H14ClN5. The van der Waals surface area contributed by atoms with Crippen LogP contribution in [-0.4, -0.2) is 16.0 Å². The maximum absolute atomic E-state index is 8.92. The summed E-state index contributed by atoms with van der Waals surface area (Å²) < 4.78 is 0. The average molecular weight is 264 g/mol. The van der Waals surface area contributed by atoms with Gasteiger partial charge in [-0.05, 0) is 26.3 Å². The van der Waals surface area contributed by atoms with Crippen molar-refractivity contribution >= 4 is 23.3 Å². The van der Waals surface area contributed by atoms with E-state index in [0.717, 1.165) is 5.69 Å². The fraction of sp³-hybridized carbons (Fsp3) is 0.250. The molecule has 2 N–H and O–H groups in total. The normalized spacial score (nSPS) is 12.7. The van der Waals surface area contributed by atoms with Crippen LogP contribution in [0.4, 0.5) is 5.82 Å². The number of aromatic nitrogens is 2. The lowest BCUT2D eigenvalue weighted by atomic mass is 10.2. The second kappa shape index (κ2) is 6.03. The predicted octanol–water partition coefficient (Wildman–Crippen LogP) is 2.91. The molecule has 1 aromatic heterocycles. The van der Waals surface area contributed by atoms with Gasteiger partial charge in [-0.2, -0.15) is 10.4 Å². The molecule has 0 saturated carbocycles. The summed E-state index contributed by atoms with van der Waals surface area (Å²) in [7, 11) is 0. The summed E-state index contributed by atoms with van der Waals surface area (Å²) >= 11 is 5.98. The molecule has 0 saturated heterocycles. The first-order valence-corrected chi connectivity index (χ1v) is 5.62. The van der Waals surface area contributed by atoms with Crippen LogP contribution in [0.1, 0.15) is 19.5 Å². The number of aliphatic imine (C=N–C) groups is 1. The van der Waals surface area contributed by atoms with Gasteiger partial charge in [-0.25, -0.2) is 4.99 Å². The molecule has 1 aromatic rings. The summed E-state index contributed by atoms with van der Waals surface area (Å²) in [5, 5.41) is 18.7. The van der Waals surface area contributed by atoms with E-state index < -0.39 is 0 Å². The molecule has 0 atom stereocenters. The van der Waals surface area contributed by atoms with E-state index in [9.17, 15) is 0 Å². The number of nitrogens with one attached hydrogen (secondary N) is 2. The van der Waals surface area contributed by atoms with Crippen molar-refractivity contribution in [3.63, 3.8) is 0 Å². The fourth-order valence-electron chi connectivity index (χ4n) is 1.21. The second-order valence-electron chi connectivity index (χ2n) is 3.81. The molecule has 94 valence electrons. The number of hydrogen-bond acceptors (Lipinski definition) is 3. The van der Waals surface area contributed by atoms with Gasteiger partial charge in [0.1, 0.15) is 17.1 Å². The van der Waals surface area contributed by atoms with Crippen molar-refractivity contribution in [2.45, 2.75) is 20.8 Å². The van der Waals surface area contributed by atoms with Crippen molar-refractivity contribution < 1.29 is 0 Å². The van der Waals surface area contributed by atoms with Crippen LogP contribution in [0.15, 0.2) is 33.9 Å². The highest BCUT2D eigenvalue weighted by atomic mass is 35.5. The minimum atomic E-state index is 0.207. The van der Waals surface area contributed by atoms with E-state index in [4.69, 9.17) is 16.9 Å². The minimum absolute atomic E-state index is 0.207. The fourth-order valence-corrected chi connectivity index (χ4v) is 1.55. The SMILES string of the molecule is C=C(C)/C(C#N)=C(/Cl)NC(C)=Nc1cc(C)[nH]n1. The van der Waals surface area contributed by atoms with Gasteiger partial charge in [0, 0.05) is 11.8 Å². The Bertz CT molecular complexity index is 559. The first kappa shape index (κ1) is 14.0. The maximum Gasteiger partial charge on any atom is 0.175 e. The highest BCUT2D eigenvalue weighted by Crippen LogP contribution is 2.14. The van der Waals surface area contributed by atoms with Gasteiger partial charge in [0.15, 0.2) is 5.82 Å². The van der Waals surface area contributed by atoms with E-state index in [-0.39, 0.29) is 5.16 Å². The molecule has 1 rings (SSSR count). The molecule has 0 unspecified atom stereocenters. The Kier molecular flexibility index (Phi) is 4.69. The minimum Gasteiger partial charge on any atom is -0.333 e. The number of nitriles is 1. The predicted molar refractivity (Wildman–Crippen MR) is 72.5 cm³/mol. The van der Waals surface area contributed by atoms with Crippen LogP contribution in [0.5, 0.6) is 0 Å². The Morgan fingerprint density at radius 2 is 2.28 bits per heavy atom. The Labute approximate surface area is 111 Å². The van der Waals surface area contributed by atoms with E-state index in [1.807, 2.05) is 13.0 Å². The smallest absolute Gasteiger partial charge is 0.175 e. The highest BCUT2D eigenvalue weighted by Gasteiger charge is 2.06. The van der Waals surface area contributed by atoms with Gasteiger partial charge < -0.3 is 5.32 Å². The summed E-state index contributed by atoms with van der Waals surface area (Å²) in [5.41, 5.74) is 1.82. The van der Waals surface area contributed by atoms with E-state index in [2.05, 4.69) is 27.1 Å². The molecule has 0 amide bonds. The number of H-pyrrole nitrogens is 1. The Balaban J connectivity index is 2.88. The first-order chi connectivity index (χ1) is 8.43. The topological polar surface area (TPSA) is 76.9 Å². The number of halogens is 1. The van der Waals surface area contributed by atoms with Crippen molar-refractivity contribution in [3.8, 4) is 6.07 Å². The van der Waals surface area contributed by atoms with Gasteiger partial charge in [-0.3, -0.25) is 5.10 Å². The maximum atomic E-state index is 8.92. The zero-order valence-electron chi connectivity index (χ0n) is 10.5. The highest BCUT2D eigenvalue weighted by molar-refractivity contribution is 6.31. The third kappa shape index (κ3) is 3.75. The second-order valence-corrected chi connectivity index (χ2v) is 4.19. The Morgan fingerprint density at radius 1 is 1.61 bits per heavy atom. The van der Waals surface area contributed by atoms with Gasteiger partial charge in [-0.1, -0.05) is 18.2 Å². The molecule has 0 spiro atoms. The molecule has 0 radical (unpaired) electrons. The third-order valence-electron chi connectivity index (χ3n) is 2.02. The van der Waals surface area contributed by atoms with Gasteiger partial charge in [0.05, 0.1) is 5.57 Å². The Hall–Kier alpha value is -2.06. The van der Waals surface area contributed by atoms with E-state index >= 15 is 0 Å². The average Bonchev–Trinajstić information content (AvgIpc) is 2.63. The molecule has 0 aliphatic carbocycles. The molecular weight excluding hydrogens is 250 g/mol. The summed E-state index contributed by atoms with van der Waals surface area (Å²) in [6.07, 6.45) is 0. The van der Waals surface area contributed by atoms with E-state index in [0.29, 0.717) is 22.8 Å². The molecule has 1 heterocycles. The van der Waals surface area contributed by atoms with Crippen LogP contribution in [0.2, 0.25) is 0 Å². The van der Waals surface area contributed by atoms with Crippen LogP contribution in [0.3, 0.4) is 0 Å². The summed E-state index contributed by atoms with van der Waals surface area (Å²) in [6.45, 7) is 9.02. The Morgan fingerprint density at radius 3 is 2.72 bits per heavy atom. The number of hydrogen-bond donors (Lipinski definition) is 2. The van der Waals surface area contributed by atoms with Gasteiger partial charge in [-0.15, -0.1) is 0 Å². The van der Waals surface area contributed by atoms with Gasteiger partial charge in [0.2, 0.25) is 0 Å². The van der Waals surface area contributed by atoms with Crippen LogP contribution < -0.4 is 5.32 Å². The zero-order chi connectivity index (χ0) is 13.7. The van der Waals surface area contributed by atoms with Crippen LogP contribution in [-0.2, 0) is 0 Å². The summed E-state index contributed by atoms with van der Waals surface area (Å²) in [6, 6.07) is 3.78. The molecule has 5 nitrogen and oxygen atoms in total. The van der Waals surface area contributed by atoms with Crippen molar-refractivity contribution in [1.82, 2.24) is 15.5 Å². The largest absolute Gasteiger partial charge is 0.333 e. The molecule has 0 fully saturated rings. The van der Waals surface area contributed by atoms with Crippen LogP contribution in [0, 0.1) is 18.3 Å². The van der Waals surface area contributed by atoms with Crippen molar-refractivity contribution in [2.24, 2.45) is 4.99 Å². The molecule has 0 aliphatic rings. The lowest BCUT2D eigenvalue weighted by molar-refractivity contribution is 1.04.